The molecule has 4 heteroatoms. The van der Waals surface area contributed by atoms with Crippen LogP contribution >= 0.6 is 0 Å². The van der Waals surface area contributed by atoms with Crippen LogP contribution in [0.1, 0.15) is 37.2 Å². The van der Waals surface area contributed by atoms with Crippen LogP contribution in [-0.4, -0.2) is 23.0 Å². The van der Waals surface area contributed by atoms with Crippen molar-refractivity contribution in [3.63, 3.8) is 0 Å². The van der Waals surface area contributed by atoms with E-state index in [1.165, 1.54) is 0 Å². The predicted octanol–water partition coefficient (Wildman–Crippen LogP) is 2.48. The monoisotopic (exact) mass is 271 g/mol. The third-order valence-electron chi connectivity index (χ3n) is 3.72. The molecule has 1 amide bonds. The summed E-state index contributed by atoms with van der Waals surface area (Å²) in [6, 6.07) is 11.4. The summed E-state index contributed by atoms with van der Waals surface area (Å²) in [5, 5.41) is 4.08. The van der Waals surface area contributed by atoms with Gasteiger partial charge in [-0.25, -0.2) is 4.98 Å². The molecule has 1 heterocycles. The predicted molar refractivity (Wildman–Crippen MR) is 81.6 cm³/mol. The molecule has 1 aromatic heterocycles. The molecule has 1 atom stereocenters. The third-order valence-corrected chi connectivity index (χ3v) is 3.72. The SMILES string of the molecule is CCC(C)(CCN)NC(=O)c1ccc2ccccc2n1. The van der Waals surface area contributed by atoms with Gasteiger partial charge in [-0.2, -0.15) is 0 Å². The number of pyridine rings is 1. The molecule has 0 aliphatic carbocycles. The van der Waals surface area contributed by atoms with Gasteiger partial charge in [-0.15, -0.1) is 0 Å². The highest BCUT2D eigenvalue weighted by atomic mass is 16.2. The largest absolute Gasteiger partial charge is 0.346 e. The fourth-order valence-electron chi connectivity index (χ4n) is 2.18. The molecule has 0 saturated carbocycles. The van der Waals surface area contributed by atoms with Crippen LogP contribution in [0.3, 0.4) is 0 Å². The molecule has 0 aliphatic heterocycles. The molecule has 3 N–H and O–H groups in total. The Labute approximate surface area is 119 Å². The van der Waals surface area contributed by atoms with Crippen molar-refractivity contribution in [2.24, 2.45) is 5.73 Å². The Hall–Kier alpha value is -1.94. The van der Waals surface area contributed by atoms with Gasteiger partial charge in [0.25, 0.3) is 5.91 Å². The number of carbonyl (C=O) groups is 1. The quantitative estimate of drug-likeness (QED) is 0.878. The normalized spacial score (nSPS) is 13.9. The molecule has 0 radical (unpaired) electrons. The molecule has 2 aromatic rings. The molecule has 106 valence electrons. The van der Waals surface area contributed by atoms with Crippen molar-refractivity contribution in [2.45, 2.75) is 32.2 Å². The number of amides is 1. The van der Waals surface area contributed by atoms with Crippen molar-refractivity contribution >= 4 is 16.8 Å². The molecular weight excluding hydrogens is 250 g/mol. The summed E-state index contributed by atoms with van der Waals surface area (Å²) < 4.78 is 0. The number of fused-ring (bicyclic) bond motifs is 1. The number of rotatable bonds is 5. The second kappa shape index (κ2) is 6.01. The second-order valence-electron chi connectivity index (χ2n) is 5.30. The van der Waals surface area contributed by atoms with Gasteiger partial charge in [-0.3, -0.25) is 4.79 Å². The van der Waals surface area contributed by atoms with Crippen LogP contribution in [0.15, 0.2) is 36.4 Å². The van der Waals surface area contributed by atoms with Crippen molar-refractivity contribution in [3.05, 3.63) is 42.1 Å². The van der Waals surface area contributed by atoms with Crippen molar-refractivity contribution in [1.82, 2.24) is 10.3 Å². The maximum atomic E-state index is 12.3. The molecule has 1 unspecified atom stereocenters. The highest BCUT2D eigenvalue weighted by Gasteiger charge is 2.24. The van der Waals surface area contributed by atoms with Crippen LogP contribution in [0, 0.1) is 0 Å². The Balaban J connectivity index is 2.22. The summed E-state index contributed by atoms with van der Waals surface area (Å²) in [5.74, 6) is -0.145. The Morgan fingerprint density at radius 3 is 2.75 bits per heavy atom. The van der Waals surface area contributed by atoms with E-state index >= 15 is 0 Å². The number of nitrogens with zero attached hydrogens (tertiary/aromatic N) is 1. The number of hydrogen-bond donors (Lipinski definition) is 2. The molecule has 1 aromatic carbocycles. The zero-order valence-corrected chi connectivity index (χ0v) is 12.0. The van der Waals surface area contributed by atoms with E-state index in [1.54, 1.807) is 6.07 Å². The van der Waals surface area contributed by atoms with E-state index in [4.69, 9.17) is 5.73 Å². The Morgan fingerprint density at radius 1 is 1.30 bits per heavy atom. The number of aromatic nitrogens is 1. The number of para-hydroxylation sites is 1. The zero-order valence-electron chi connectivity index (χ0n) is 12.0. The summed E-state index contributed by atoms with van der Waals surface area (Å²) in [5.41, 5.74) is 6.61. The van der Waals surface area contributed by atoms with E-state index < -0.39 is 0 Å². The van der Waals surface area contributed by atoms with Crippen molar-refractivity contribution in [1.29, 1.82) is 0 Å². The van der Waals surface area contributed by atoms with Gasteiger partial charge in [0.2, 0.25) is 0 Å². The zero-order chi connectivity index (χ0) is 14.6. The molecule has 2 rings (SSSR count). The van der Waals surface area contributed by atoms with Crippen LogP contribution in [0.25, 0.3) is 10.9 Å². The number of carbonyl (C=O) groups excluding carboxylic acids is 1. The van der Waals surface area contributed by atoms with E-state index in [-0.39, 0.29) is 11.4 Å². The van der Waals surface area contributed by atoms with Gasteiger partial charge in [-0.1, -0.05) is 31.2 Å². The Morgan fingerprint density at radius 2 is 2.05 bits per heavy atom. The van der Waals surface area contributed by atoms with E-state index in [0.717, 1.165) is 23.7 Å². The van der Waals surface area contributed by atoms with E-state index in [2.05, 4.69) is 10.3 Å². The Kier molecular flexibility index (Phi) is 4.35. The minimum absolute atomic E-state index is 0.145. The lowest BCUT2D eigenvalue weighted by Gasteiger charge is -2.29. The minimum Gasteiger partial charge on any atom is -0.346 e. The molecule has 4 nitrogen and oxygen atoms in total. The summed E-state index contributed by atoms with van der Waals surface area (Å²) in [7, 11) is 0. The molecule has 0 fully saturated rings. The van der Waals surface area contributed by atoms with Gasteiger partial charge >= 0.3 is 0 Å². The maximum absolute atomic E-state index is 12.3. The van der Waals surface area contributed by atoms with Gasteiger partial charge in [-0.05, 0) is 38.4 Å². The number of nitrogens with one attached hydrogen (secondary N) is 1. The topological polar surface area (TPSA) is 68.0 Å². The highest BCUT2D eigenvalue weighted by Crippen LogP contribution is 2.16. The number of benzene rings is 1. The average molecular weight is 271 g/mol. The molecule has 0 saturated heterocycles. The molecule has 0 aliphatic rings. The highest BCUT2D eigenvalue weighted by molar-refractivity contribution is 5.95. The first kappa shape index (κ1) is 14.5. The summed E-state index contributed by atoms with van der Waals surface area (Å²) in [4.78, 5) is 16.7. The van der Waals surface area contributed by atoms with E-state index in [9.17, 15) is 4.79 Å². The minimum atomic E-state index is -0.279. The van der Waals surface area contributed by atoms with Crippen molar-refractivity contribution < 1.29 is 4.79 Å². The van der Waals surface area contributed by atoms with Gasteiger partial charge in [0, 0.05) is 10.9 Å². The summed E-state index contributed by atoms with van der Waals surface area (Å²) >= 11 is 0. The fourth-order valence-corrected chi connectivity index (χ4v) is 2.18. The number of nitrogens with two attached hydrogens (primary N) is 1. The van der Waals surface area contributed by atoms with Crippen LogP contribution in [-0.2, 0) is 0 Å². The lowest BCUT2D eigenvalue weighted by Crippen LogP contribution is -2.47. The van der Waals surface area contributed by atoms with Crippen LogP contribution in [0.4, 0.5) is 0 Å². The van der Waals surface area contributed by atoms with E-state index in [1.807, 2.05) is 44.2 Å². The van der Waals surface area contributed by atoms with Crippen molar-refractivity contribution in [3.8, 4) is 0 Å². The van der Waals surface area contributed by atoms with Gasteiger partial charge in [0.15, 0.2) is 0 Å². The lowest BCUT2D eigenvalue weighted by molar-refractivity contribution is 0.0895. The summed E-state index contributed by atoms with van der Waals surface area (Å²) in [6.07, 6.45) is 1.59. The lowest BCUT2D eigenvalue weighted by atomic mass is 9.94. The third kappa shape index (κ3) is 3.14. The first-order valence-corrected chi connectivity index (χ1v) is 6.96. The van der Waals surface area contributed by atoms with Gasteiger partial charge in [0.05, 0.1) is 5.52 Å². The molecule has 0 bridgehead atoms. The second-order valence-corrected chi connectivity index (χ2v) is 5.30. The number of hydrogen-bond acceptors (Lipinski definition) is 3. The Bertz CT molecular complexity index is 611. The maximum Gasteiger partial charge on any atom is 0.270 e. The summed E-state index contributed by atoms with van der Waals surface area (Å²) in [6.45, 7) is 4.61. The first-order valence-electron chi connectivity index (χ1n) is 6.96. The molecule has 0 spiro atoms. The van der Waals surface area contributed by atoms with Crippen LogP contribution < -0.4 is 11.1 Å². The standard InChI is InChI=1S/C16H21N3O/c1-3-16(2,10-11-17)19-15(20)14-9-8-12-6-4-5-7-13(12)18-14/h4-9H,3,10-11,17H2,1-2H3,(H,19,20). The van der Waals surface area contributed by atoms with Gasteiger partial charge in [0.1, 0.15) is 5.69 Å². The van der Waals surface area contributed by atoms with E-state index in [0.29, 0.717) is 12.2 Å². The molecular formula is C16H21N3O. The first-order chi connectivity index (χ1) is 9.58. The van der Waals surface area contributed by atoms with Gasteiger partial charge < -0.3 is 11.1 Å². The smallest absolute Gasteiger partial charge is 0.270 e. The average Bonchev–Trinajstić information content (AvgIpc) is 2.47. The van der Waals surface area contributed by atoms with Crippen LogP contribution in [0.5, 0.6) is 0 Å². The van der Waals surface area contributed by atoms with Crippen molar-refractivity contribution in [2.75, 3.05) is 6.54 Å². The van der Waals surface area contributed by atoms with Crippen LogP contribution in [0.2, 0.25) is 0 Å². The molecule has 20 heavy (non-hydrogen) atoms. The fraction of sp³-hybridized carbons (Fsp3) is 0.375.